The highest BCUT2D eigenvalue weighted by Gasteiger charge is 2.35. The van der Waals surface area contributed by atoms with Crippen LogP contribution in [0, 0.1) is 0 Å². The Morgan fingerprint density at radius 1 is 1.12 bits per heavy atom. The van der Waals surface area contributed by atoms with Crippen molar-refractivity contribution in [3.05, 3.63) is 29.8 Å². The Balaban J connectivity index is 1.60. The third-order valence-electron chi connectivity index (χ3n) is 4.98. The van der Waals surface area contributed by atoms with Gasteiger partial charge in [-0.1, -0.05) is 12.1 Å². The van der Waals surface area contributed by atoms with E-state index >= 15 is 0 Å². The largest absolute Gasteiger partial charge is 0.418 e. The van der Waals surface area contributed by atoms with Crippen molar-refractivity contribution in [2.45, 2.75) is 18.6 Å². The second kappa shape index (κ2) is 7.21. The van der Waals surface area contributed by atoms with Crippen molar-refractivity contribution >= 4 is 11.7 Å². The molecule has 0 aliphatic carbocycles. The monoisotopic (exact) mass is 356 g/mol. The minimum Gasteiger partial charge on any atom is -0.323 e. The molecule has 1 aromatic carbocycles. The molecule has 2 fully saturated rings. The highest BCUT2D eigenvalue weighted by Crippen LogP contribution is 2.34. The molecular formula is C17H23F3N4O. The molecule has 2 amide bonds. The summed E-state index contributed by atoms with van der Waals surface area (Å²) in [7, 11) is 2.09. The average Bonchev–Trinajstić information content (AvgIpc) is 3.05. The number of likely N-dealkylation sites (N-methyl/N-ethyl adjacent to an activating group) is 1. The minimum atomic E-state index is -4.49. The van der Waals surface area contributed by atoms with E-state index in [1.165, 1.54) is 18.2 Å². The van der Waals surface area contributed by atoms with E-state index in [0.717, 1.165) is 38.7 Å². The molecule has 2 aliphatic rings. The van der Waals surface area contributed by atoms with Crippen LogP contribution in [0.5, 0.6) is 0 Å². The van der Waals surface area contributed by atoms with Crippen molar-refractivity contribution in [1.29, 1.82) is 0 Å². The summed E-state index contributed by atoms with van der Waals surface area (Å²) in [5, 5.41) is 2.43. The molecule has 138 valence electrons. The number of anilines is 1. The molecule has 0 saturated carbocycles. The molecule has 0 radical (unpaired) electrons. The Labute approximate surface area is 145 Å². The lowest BCUT2D eigenvalue weighted by atomic mass is 10.1. The number of benzene rings is 1. The Morgan fingerprint density at radius 2 is 1.80 bits per heavy atom. The number of para-hydroxylation sites is 1. The average molecular weight is 356 g/mol. The van der Waals surface area contributed by atoms with Gasteiger partial charge in [0.15, 0.2) is 0 Å². The van der Waals surface area contributed by atoms with Gasteiger partial charge < -0.3 is 15.1 Å². The predicted octanol–water partition coefficient (Wildman–Crippen LogP) is 2.56. The molecule has 1 unspecified atom stereocenters. The van der Waals surface area contributed by atoms with Crippen LogP contribution in [-0.2, 0) is 6.18 Å². The number of likely N-dealkylation sites (tertiary alicyclic amines) is 1. The first kappa shape index (κ1) is 18.0. The first-order chi connectivity index (χ1) is 11.8. The quantitative estimate of drug-likeness (QED) is 0.885. The molecule has 8 heteroatoms. The minimum absolute atomic E-state index is 0.192. The summed E-state index contributed by atoms with van der Waals surface area (Å²) in [4.78, 5) is 18.6. The van der Waals surface area contributed by atoms with Crippen molar-refractivity contribution < 1.29 is 18.0 Å². The molecule has 1 N–H and O–H groups in total. The number of hydrogen-bond acceptors (Lipinski definition) is 3. The van der Waals surface area contributed by atoms with Crippen LogP contribution in [0.1, 0.15) is 12.0 Å². The number of piperazine rings is 1. The lowest BCUT2D eigenvalue weighted by molar-refractivity contribution is -0.136. The summed E-state index contributed by atoms with van der Waals surface area (Å²) in [6, 6.07) is 4.90. The molecule has 1 aromatic rings. The summed E-state index contributed by atoms with van der Waals surface area (Å²) < 4.78 is 39.1. The molecule has 1 atom stereocenters. The molecule has 3 rings (SSSR count). The fraction of sp³-hybridized carbons (Fsp3) is 0.588. The number of nitrogens with zero attached hydrogens (tertiary/aromatic N) is 3. The first-order valence-corrected chi connectivity index (χ1v) is 8.49. The number of halogens is 3. The Morgan fingerprint density at radius 3 is 2.48 bits per heavy atom. The summed E-state index contributed by atoms with van der Waals surface area (Å²) in [6.45, 7) is 5.06. The van der Waals surface area contributed by atoms with Crippen LogP contribution in [0.3, 0.4) is 0 Å². The number of rotatable bonds is 2. The third-order valence-corrected chi connectivity index (χ3v) is 4.98. The van der Waals surface area contributed by atoms with E-state index in [2.05, 4.69) is 22.2 Å². The predicted molar refractivity (Wildman–Crippen MR) is 89.5 cm³/mol. The molecule has 2 heterocycles. The normalized spacial score (nSPS) is 23.0. The van der Waals surface area contributed by atoms with Gasteiger partial charge in [-0.2, -0.15) is 13.2 Å². The zero-order valence-corrected chi connectivity index (χ0v) is 14.2. The number of carbonyl (C=O) groups excluding carboxylic acids is 1. The van der Waals surface area contributed by atoms with Crippen LogP contribution in [0.15, 0.2) is 24.3 Å². The Bertz CT molecular complexity index is 614. The second-order valence-corrected chi connectivity index (χ2v) is 6.70. The zero-order chi connectivity index (χ0) is 18.0. The fourth-order valence-electron chi connectivity index (χ4n) is 3.44. The van der Waals surface area contributed by atoms with Crippen molar-refractivity contribution in [3.8, 4) is 0 Å². The van der Waals surface area contributed by atoms with Crippen LogP contribution in [0.2, 0.25) is 0 Å². The van der Waals surface area contributed by atoms with E-state index in [9.17, 15) is 18.0 Å². The molecule has 0 bridgehead atoms. The van der Waals surface area contributed by atoms with Gasteiger partial charge in [0.2, 0.25) is 0 Å². The van der Waals surface area contributed by atoms with Crippen molar-refractivity contribution in [2.75, 3.05) is 51.6 Å². The number of amides is 2. The molecule has 2 aliphatic heterocycles. The van der Waals surface area contributed by atoms with Crippen LogP contribution < -0.4 is 5.32 Å². The maximum Gasteiger partial charge on any atom is 0.418 e. The summed E-state index contributed by atoms with van der Waals surface area (Å²) in [6.07, 6.45) is -3.63. The summed E-state index contributed by atoms with van der Waals surface area (Å²) in [5.74, 6) is 0. The standard InChI is InChI=1S/C17H23F3N4O/c1-22-8-10-23(11-9-22)13-6-7-24(12-13)16(25)21-15-5-3-2-4-14(15)17(18,19)20/h2-5,13H,6-12H2,1H3,(H,21,25). The maximum absolute atomic E-state index is 13.0. The molecule has 5 nitrogen and oxygen atoms in total. The number of carbonyl (C=O) groups is 1. The lowest BCUT2D eigenvalue weighted by Gasteiger charge is -2.36. The van der Waals surface area contributed by atoms with Crippen molar-refractivity contribution in [2.24, 2.45) is 0 Å². The first-order valence-electron chi connectivity index (χ1n) is 8.49. The van der Waals surface area contributed by atoms with Gasteiger partial charge in [-0.05, 0) is 25.6 Å². The summed E-state index contributed by atoms with van der Waals surface area (Å²) in [5.41, 5.74) is -1.01. The van der Waals surface area contributed by atoms with E-state index in [4.69, 9.17) is 0 Å². The third kappa shape index (κ3) is 4.24. The van der Waals surface area contributed by atoms with Crippen LogP contribution >= 0.6 is 0 Å². The maximum atomic E-state index is 13.0. The lowest BCUT2D eigenvalue weighted by Crippen LogP contribution is -2.50. The molecule has 2 saturated heterocycles. The van der Waals surface area contributed by atoms with Gasteiger partial charge >= 0.3 is 12.2 Å². The van der Waals surface area contributed by atoms with E-state index in [1.807, 2.05) is 0 Å². The van der Waals surface area contributed by atoms with Gasteiger partial charge in [0.25, 0.3) is 0 Å². The SMILES string of the molecule is CN1CCN(C2CCN(C(=O)Nc3ccccc3C(F)(F)F)C2)CC1. The van der Waals surface area contributed by atoms with E-state index in [0.29, 0.717) is 13.1 Å². The fourth-order valence-corrected chi connectivity index (χ4v) is 3.44. The number of hydrogen-bond donors (Lipinski definition) is 1. The highest BCUT2D eigenvalue weighted by atomic mass is 19.4. The zero-order valence-electron chi connectivity index (χ0n) is 14.2. The highest BCUT2D eigenvalue weighted by molar-refractivity contribution is 5.90. The summed E-state index contributed by atoms with van der Waals surface area (Å²) >= 11 is 0. The second-order valence-electron chi connectivity index (χ2n) is 6.70. The number of nitrogens with one attached hydrogen (secondary N) is 1. The van der Waals surface area contributed by atoms with Gasteiger partial charge in [0.05, 0.1) is 11.3 Å². The van der Waals surface area contributed by atoms with Crippen molar-refractivity contribution in [1.82, 2.24) is 14.7 Å². The smallest absolute Gasteiger partial charge is 0.323 e. The van der Waals surface area contributed by atoms with Crippen LogP contribution in [0.25, 0.3) is 0 Å². The Hall–Kier alpha value is -1.80. The number of alkyl halides is 3. The Kier molecular flexibility index (Phi) is 5.19. The van der Waals surface area contributed by atoms with Gasteiger partial charge in [0.1, 0.15) is 0 Å². The molecule has 25 heavy (non-hydrogen) atoms. The van der Waals surface area contributed by atoms with Gasteiger partial charge in [-0.15, -0.1) is 0 Å². The topological polar surface area (TPSA) is 38.8 Å². The van der Waals surface area contributed by atoms with Gasteiger partial charge in [-0.3, -0.25) is 4.90 Å². The van der Waals surface area contributed by atoms with Crippen LogP contribution in [0.4, 0.5) is 23.7 Å². The van der Waals surface area contributed by atoms with E-state index in [1.54, 1.807) is 4.90 Å². The number of urea groups is 1. The van der Waals surface area contributed by atoms with E-state index in [-0.39, 0.29) is 11.7 Å². The van der Waals surface area contributed by atoms with E-state index < -0.39 is 17.8 Å². The molecular weight excluding hydrogens is 333 g/mol. The van der Waals surface area contributed by atoms with Crippen molar-refractivity contribution in [3.63, 3.8) is 0 Å². The molecule has 0 aromatic heterocycles. The van der Waals surface area contributed by atoms with Gasteiger partial charge in [0, 0.05) is 45.3 Å². The van der Waals surface area contributed by atoms with Gasteiger partial charge in [-0.25, -0.2) is 4.79 Å². The molecule has 0 spiro atoms. The van der Waals surface area contributed by atoms with Crippen LogP contribution in [-0.4, -0.2) is 73.1 Å².